The molecule has 1 aromatic rings. The molecule has 0 aromatic heterocycles. The van der Waals surface area contributed by atoms with Gasteiger partial charge in [-0.3, -0.25) is 4.79 Å². The van der Waals surface area contributed by atoms with Crippen LogP contribution in [0.5, 0.6) is 5.75 Å². The molecule has 4 nitrogen and oxygen atoms in total. The lowest BCUT2D eigenvalue weighted by molar-refractivity contribution is -0.139. The topological polar surface area (TPSA) is 49.8 Å². The molecule has 1 amide bonds. The standard InChI is InChI=1S/C19H27NO3/c1-14(21)16-7-4-9-17(12-16)23-13-19(22)20-11-5-8-15-6-2-3-10-18(15)20/h4,7,9,12,14-15,18,21H,2-3,5-6,8,10-11,13H2,1H3. The predicted molar refractivity (Wildman–Crippen MR) is 89.3 cm³/mol. The first-order chi connectivity index (χ1) is 11.1. The largest absolute Gasteiger partial charge is 0.484 e. The molecule has 1 heterocycles. The van der Waals surface area contributed by atoms with E-state index in [1.54, 1.807) is 13.0 Å². The highest BCUT2D eigenvalue weighted by molar-refractivity contribution is 5.78. The Bertz CT molecular complexity index is 541. The molecule has 1 aliphatic carbocycles. The Morgan fingerprint density at radius 1 is 1.30 bits per heavy atom. The van der Waals surface area contributed by atoms with E-state index in [-0.39, 0.29) is 12.5 Å². The third kappa shape index (κ3) is 3.86. The summed E-state index contributed by atoms with van der Waals surface area (Å²) in [5, 5.41) is 9.63. The highest BCUT2D eigenvalue weighted by Crippen LogP contribution is 2.35. The Kier molecular flexibility index (Phi) is 5.21. The number of carbonyl (C=O) groups excluding carboxylic acids is 1. The number of amides is 1. The molecule has 2 aliphatic rings. The SMILES string of the molecule is CC(O)c1cccc(OCC(=O)N2CCCC3CCCCC32)c1. The van der Waals surface area contributed by atoms with Crippen LogP contribution in [0.25, 0.3) is 0 Å². The molecule has 2 fully saturated rings. The Morgan fingerprint density at radius 2 is 2.09 bits per heavy atom. The van der Waals surface area contributed by atoms with Crippen molar-refractivity contribution in [2.45, 2.75) is 57.6 Å². The highest BCUT2D eigenvalue weighted by Gasteiger charge is 2.35. The summed E-state index contributed by atoms with van der Waals surface area (Å²) >= 11 is 0. The number of likely N-dealkylation sites (tertiary alicyclic amines) is 1. The Balaban J connectivity index is 1.59. The van der Waals surface area contributed by atoms with Gasteiger partial charge in [0.2, 0.25) is 0 Å². The summed E-state index contributed by atoms with van der Waals surface area (Å²) in [6.45, 7) is 2.69. The smallest absolute Gasteiger partial charge is 0.260 e. The molecule has 1 N–H and O–H groups in total. The zero-order valence-electron chi connectivity index (χ0n) is 13.9. The fourth-order valence-corrected chi connectivity index (χ4v) is 4.03. The van der Waals surface area contributed by atoms with E-state index in [2.05, 4.69) is 4.90 Å². The lowest BCUT2D eigenvalue weighted by Gasteiger charge is -2.44. The van der Waals surface area contributed by atoms with Crippen LogP contribution in [0.1, 0.15) is 57.1 Å². The van der Waals surface area contributed by atoms with Gasteiger partial charge in [0.05, 0.1) is 6.10 Å². The molecule has 1 aliphatic heterocycles. The average molecular weight is 317 g/mol. The van der Waals surface area contributed by atoms with Crippen molar-refractivity contribution >= 4 is 5.91 Å². The van der Waals surface area contributed by atoms with E-state index in [0.717, 1.165) is 24.9 Å². The quantitative estimate of drug-likeness (QED) is 0.927. The minimum atomic E-state index is -0.528. The minimum absolute atomic E-state index is 0.0898. The molecule has 4 heteroatoms. The third-order valence-electron chi connectivity index (χ3n) is 5.27. The van der Waals surface area contributed by atoms with Crippen LogP contribution in [0, 0.1) is 5.92 Å². The van der Waals surface area contributed by atoms with Gasteiger partial charge in [-0.15, -0.1) is 0 Å². The second-order valence-electron chi connectivity index (χ2n) is 6.88. The molecule has 1 saturated carbocycles. The van der Waals surface area contributed by atoms with E-state index in [9.17, 15) is 9.90 Å². The molecule has 0 bridgehead atoms. The summed E-state index contributed by atoms with van der Waals surface area (Å²) in [4.78, 5) is 14.7. The molecule has 3 atom stereocenters. The third-order valence-corrected chi connectivity index (χ3v) is 5.27. The maximum absolute atomic E-state index is 12.6. The fourth-order valence-electron chi connectivity index (χ4n) is 4.03. The molecule has 126 valence electrons. The summed E-state index contributed by atoms with van der Waals surface area (Å²) in [5.74, 6) is 1.44. The fraction of sp³-hybridized carbons (Fsp3) is 0.632. The molecule has 0 radical (unpaired) electrons. The molecule has 3 rings (SSSR count). The first-order valence-corrected chi connectivity index (χ1v) is 8.85. The summed E-state index contributed by atoms with van der Waals surface area (Å²) in [6, 6.07) is 7.77. The predicted octanol–water partition coefficient (Wildman–Crippen LogP) is 3.30. The zero-order chi connectivity index (χ0) is 16.2. The number of piperidine rings is 1. The number of fused-ring (bicyclic) bond motifs is 1. The van der Waals surface area contributed by atoms with Gasteiger partial charge in [-0.25, -0.2) is 0 Å². The zero-order valence-corrected chi connectivity index (χ0v) is 13.9. The van der Waals surface area contributed by atoms with Crippen LogP contribution < -0.4 is 4.74 Å². The first kappa shape index (κ1) is 16.3. The van der Waals surface area contributed by atoms with Crippen LogP contribution in [0.4, 0.5) is 0 Å². The lowest BCUT2D eigenvalue weighted by Crippen LogP contribution is -2.51. The summed E-state index contributed by atoms with van der Waals surface area (Å²) in [7, 11) is 0. The number of carbonyl (C=O) groups is 1. The molecular weight excluding hydrogens is 290 g/mol. The number of ether oxygens (including phenoxy) is 1. The van der Waals surface area contributed by atoms with Crippen LogP contribution in [0.3, 0.4) is 0 Å². The second-order valence-corrected chi connectivity index (χ2v) is 6.88. The number of benzene rings is 1. The first-order valence-electron chi connectivity index (χ1n) is 8.85. The number of hydrogen-bond acceptors (Lipinski definition) is 3. The van der Waals surface area contributed by atoms with Gasteiger partial charge in [0.15, 0.2) is 6.61 Å². The Morgan fingerprint density at radius 3 is 2.91 bits per heavy atom. The van der Waals surface area contributed by atoms with E-state index in [0.29, 0.717) is 17.7 Å². The summed E-state index contributed by atoms with van der Waals surface area (Å²) in [5.41, 5.74) is 0.806. The van der Waals surface area contributed by atoms with Gasteiger partial charge in [-0.1, -0.05) is 25.0 Å². The van der Waals surface area contributed by atoms with Crippen molar-refractivity contribution in [1.29, 1.82) is 0 Å². The van der Waals surface area contributed by atoms with Crippen molar-refractivity contribution in [3.05, 3.63) is 29.8 Å². The molecule has 0 spiro atoms. The molecule has 23 heavy (non-hydrogen) atoms. The number of hydrogen-bond donors (Lipinski definition) is 1. The van der Waals surface area contributed by atoms with Gasteiger partial charge in [0.1, 0.15) is 5.75 Å². The number of aliphatic hydroxyl groups excluding tert-OH is 1. The number of aliphatic hydroxyl groups is 1. The van der Waals surface area contributed by atoms with Gasteiger partial charge in [-0.05, 0) is 56.2 Å². The average Bonchev–Trinajstić information content (AvgIpc) is 2.59. The van der Waals surface area contributed by atoms with Crippen molar-refractivity contribution in [2.75, 3.05) is 13.2 Å². The van der Waals surface area contributed by atoms with Crippen molar-refractivity contribution in [2.24, 2.45) is 5.92 Å². The summed E-state index contributed by atoms with van der Waals surface area (Å²) < 4.78 is 5.69. The lowest BCUT2D eigenvalue weighted by atomic mass is 9.78. The van der Waals surface area contributed by atoms with Crippen LogP contribution >= 0.6 is 0 Å². The van der Waals surface area contributed by atoms with E-state index < -0.39 is 6.10 Å². The van der Waals surface area contributed by atoms with E-state index >= 15 is 0 Å². The van der Waals surface area contributed by atoms with Gasteiger partial charge in [0, 0.05) is 12.6 Å². The van der Waals surface area contributed by atoms with Gasteiger partial charge in [0.25, 0.3) is 5.91 Å². The number of nitrogens with zero attached hydrogens (tertiary/aromatic N) is 1. The van der Waals surface area contributed by atoms with Crippen LogP contribution in [-0.2, 0) is 4.79 Å². The van der Waals surface area contributed by atoms with Crippen LogP contribution in [0.15, 0.2) is 24.3 Å². The molecule has 1 aromatic carbocycles. The van der Waals surface area contributed by atoms with Crippen molar-refractivity contribution < 1.29 is 14.6 Å². The van der Waals surface area contributed by atoms with E-state index in [4.69, 9.17) is 4.74 Å². The summed E-state index contributed by atoms with van der Waals surface area (Å²) in [6.07, 6.45) is 6.82. The Hall–Kier alpha value is -1.55. The van der Waals surface area contributed by atoms with Gasteiger partial charge < -0.3 is 14.7 Å². The molecular formula is C19H27NO3. The highest BCUT2D eigenvalue weighted by atomic mass is 16.5. The Labute approximate surface area is 138 Å². The number of rotatable bonds is 4. The van der Waals surface area contributed by atoms with E-state index in [1.807, 2.05) is 18.2 Å². The second kappa shape index (κ2) is 7.35. The minimum Gasteiger partial charge on any atom is -0.484 e. The van der Waals surface area contributed by atoms with E-state index in [1.165, 1.54) is 25.7 Å². The van der Waals surface area contributed by atoms with Crippen molar-refractivity contribution in [3.63, 3.8) is 0 Å². The monoisotopic (exact) mass is 317 g/mol. The maximum Gasteiger partial charge on any atom is 0.260 e. The molecule has 3 unspecified atom stereocenters. The normalized spacial score (nSPS) is 25.6. The van der Waals surface area contributed by atoms with Crippen LogP contribution in [-0.4, -0.2) is 35.1 Å². The van der Waals surface area contributed by atoms with Crippen molar-refractivity contribution in [1.82, 2.24) is 4.90 Å². The van der Waals surface area contributed by atoms with Crippen LogP contribution in [0.2, 0.25) is 0 Å². The van der Waals surface area contributed by atoms with Gasteiger partial charge in [-0.2, -0.15) is 0 Å². The maximum atomic E-state index is 12.6. The van der Waals surface area contributed by atoms with Crippen molar-refractivity contribution in [3.8, 4) is 5.75 Å². The van der Waals surface area contributed by atoms with Gasteiger partial charge >= 0.3 is 0 Å². The molecule has 1 saturated heterocycles.